The Hall–Kier alpha value is -2.82. The molecule has 0 aromatic heterocycles. The number of rotatable bonds is 7. The van der Waals surface area contributed by atoms with Crippen LogP contribution in [0, 0.1) is 5.92 Å². The fraction of sp³-hybridized carbons (Fsp3) is 0.300. The van der Waals surface area contributed by atoms with Gasteiger partial charge in [-0.05, 0) is 48.7 Å². The number of amides is 2. The van der Waals surface area contributed by atoms with Crippen molar-refractivity contribution in [2.75, 3.05) is 19.0 Å². The summed E-state index contributed by atoms with van der Waals surface area (Å²) >= 11 is 0. The van der Waals surface area contributed by atoms with Crippen LogP contribution in [0.5, 0.6) is 5.75 Å². The molecule has 2 aromatic rings. The Morgan fingerprint density at radius 2 is 1.68 bits per heavy atom. The first kappa shape index (κ1) is 18.5. The molecule has 0 fully saturated rings. The van der Waals surface area contributed by atoms with Crippen LogP contribution in [0.1, 0.15) is 41.0 Å². The van der Waals surface area contributed by atoms with Crippen LogP contribution in [0.15, 0.2) is 48.5 Å². The second-order valence-electron chi connectivity index (χ2n) is 6.14. The Labute approximate surface area is 148 Å². The minimum Gasteiger partial charge on any atom is -0.493 e. The van der Waals surface area contributed by atoms with E-state index in [2.05, 4.69) is 24.5 Å². The van der Waals surface area contributed by atoms with Crippen molar-refractivity contribution in [3.63, 3.8) is 0 Å². The van der Waals surface area contributed by atoms with Crippen molar-refractivity contribution in [3.05, 3.63) is 59.7 Å². The van der Waals surface area contributed by atoms with Crippen molar-refractivity contribution < 1.29 is 14.3 Å². The normalized spacial score (nSPS) is 10.4. The average molecular weight is 340 g/mol. The van der Waals surface area contributed by atoms with Crippen molar-refractivity contribution in [2.24, 2.45) is 5.92 Å². The van der Waals surface area contributed by atoms with Gasteiger partial charge in [0.05, 0.1) is 12.2 Å². The average Bonchev–Trinajstić information content (AvgIpc) is 2.61. The second kappa shape index (κ2) is 8.87. The molecular formula is C20H24N2O3. The van der Waals surface area contributed by atoms with Crippen LogP contribution in [0.2, 0.25) is 0 Å². The fourth-order valence-corrected chi connectivity index (χ4v) is 2.23. The van der Waals surface area contributed by atoms with E-state index in [4.69, 9.17) is 4.74 Å². The predicted octanol–water partition coefficient (Wildman–Crippen LogP) is 3.72. The lowest BCUT2D eigenvalue weighted by atomic mass is 10.1. The molecule has 0 radical (unpaired) electrons. The molecule has 0 saturated carbocycles. The van der Waals surface area contributed by atoms with Crippen LogP contribution in [0.25, 0.3) is 0 Å². The Morgan fingerprint density at radius 1 is 1.00 bits per heavy atom. The monoisotopic (exact) mass is 340 g/mol. The quantitative estimate of drug-likeness (QED) is 0.807. The zero-order valence-electron chi connectivity index (χ0n) is 14.8. The summed E-state index contributed by atoms with van der Waals surface area (Å²) in [7, 11) is 1.58. The molecular weight excluding hydrogens is 316 g/mol. The number of nitrogens with one attached hydrogen (secondary N) is 2. The van der Waals surface area contributed by atoms with Crippen molar-refractivity contribution in [1.29, 1.82) is 0 Å². The maximum atomic E-state index is 12.5. The van der Waals surface area contributed by atoms with Gasteiger partial charge in [0.2, 0.25) is 0 Å². The molecule has 0 saturated heterocycles. The standard InChI is InChI=1S/C20H24N2O3/c1-14(2)12-13-25-18-7-5-4-6-17(18)20(24)22-16-10-8-15(9-11-16)19(23)21-3/h4-11,14H,12-13H2,1-3H3,(H,21,23)(H,22,24). The molecule has 2 N–H and O–H groups in total. The third-order valence-electron chi connectivity index (χ3n) is 3.72. The smallest absolute Gasteiger partial charge is 0.259 e. The summed E-state index contributed by atoms with van der Waals surface area (Å²) in [6, 6.07) is 13.9. The molecule has 0 bridgehead atoms. The summed E-state index contributed by atoms with van der Waals surface area (Å²) in [5.41, 5.74) is 1.65. The summed E-state index contributed by atoms with van der Waals surface area (Å²) in [5.74, 6) is 0.706. The summed E-state index contributed by atoms with van der Waals surface area (Å²) in [6.07, 6.45) is 0.927. The maximum Gasteiger partial charge on any atom is 0.259 e. The number of hydrogen-bond donors (Lipinski definition) is 2. The maximum absolute atomic E-state index is 12.5. The number of hydrogen-bond acceptors (Lipinski definition) is 3. The molecule has 5 nitrogen and oxygen atoms in total. The van der Waals surface area contributed by atoms with Gasteiger partial charge in [0, 0.05) is 18.3 Å². The largest absolute Gasteiger partial charge is 0.493 e. The van der Waals surface area contributed by atoms with E-state index < -0.39 is 0 Å². The van der Waals surface area contributed by atoms with Crippen LogP contribution in [0.4, 0.5) is 5.69 Å². The van der Waals surface area contributed by atoms with Crippen LogP contribution in [-0.2, 0) is 0 Å². The van der Waals surface area contributed by atoms with Gasteiger partial charge in [-0.15, -0.1) is 0 Å². The number of anilines is 1. The zero-order valence-corrected chi connectivity index (χ0v) is 14.8. The Kier molecular flexibility index (Phi) is 6.57. The van der Waals surface area contributed by atoms with E-state index in [-0.39, 0.29) is 11.8 Å². The highest BCUT2D eigenvalue weighted by Gasteiger charge is 2.13. The third-order valence-corrected chi connectivity index (χ3v) is 3.72. The number of carbonyl (C=O) groups is 2. The van der Waals surface area contributed by atoms with Gasteiger partial charge in [-0.1, -0.05) is 26.0 Å². The molecule has 2 aromatic carbocycles. The lowest BCUT2D eigenvalue weighted by Crippen LogP contribution is -2.18. The summed E-state index contributed by atoms with van der Waals surface area (Å²) < 4.78 is 5.76. The molecule has 5 heteroatoms. The molecule has 2 rings (SSSR count). The lowest BCUT2D eigenvalue weighted by Gasteiger charge is -2.13. The van der Waals surface area contributed by atoms with E-state index >= 15 is 0 Å². The SMILES string of the molecule is CNC(=O)c1ccc(NC(=O)c2ccccc2OCCC(C)C)cc1. The number of carbonyl (C=O) groups excluding carboxylic acids is 2. The van der Waals surface area contributed by atoms with Crippen molar-refractivity contribution in [1.82, 2.24) is 5.32 Å². The molecule has 0 unspecified atom stereocenters. The number of para-hydroxylation sites is 1. The number of benzene rings is 2. The highest BCUT2D eigenvalue weighted by atomic mass is 16.5. The Balaban J connectivity index is 2.06. The van der Waals surface area contributed by atoms with Gasteiger partial charge in [-0.25, -0.2) is 0 Å². The molecule has 0 aliphatic heterocycles. The van der Waals surface area contributed by atoms with Crippen LogP contribution < -0.4 is 15.4 Å². The first-order chi connectivity index (χ1) is 12.0. The molecule has 0 aliphatic rings. The van der Waals surface area contributed by atoms with Crippen LogP contribution >= 0.6 is 0 Å². The highest BCUT2D eigenvalue weighted by molar-refractivity contribution is 6.06. The van der Waals surface area contributed by atoms with Gasteiger partial charge in [-0.3, -0.25) is 9.59 Å². The van der Waals surface area contributed by atoms with Gasteiger partial charge in [0.1, 0.15) is 5.75 Å². The van der Waals surface area contributed by atoms with Gasteiger partial charge in [0.25, 0.3) is 11.8 Å². The van der Waals surface area contributed by atoms with Gasteiger partial charge < -0.3 is 15.4 Å². The molecule has 0 heterocycles. The Bertz CT molecular complexity index is 724. The van der Waals surface area contributed by atoms with Crippen LogP contribution in [0.3, 0.4) is 0 Å². The minimum atomic E-state index is -0.243. The van der Waals surface area contributed by atoms with E-state index in [9.17, 15) is 9.59 Å². The third kappa shape index (κ3) is 5.35. The Morgan fingerprint density at radius 3 is 2.32 bits per heavy atom. The van der Waals surface area contributed by atoms with E-state index in [1.54, 1.807) is 49.5 Å². The first-order valence-electron chi connectivity index (χ1n) is 8.36. The summed E-state index contributed by atoms with van der Waals surface area (Å²) in [5, 5.41) is 5.39. The van der Waals surface area contributed by atoms with Crippen molar-refractivity contribution >= 4 is 17.5 Å². The molecule has 0 spiro atoms. The predicted molar refractivity (Wildman–Crippen MR) is 99.2 cm³/mol. The van der Waals surface area contributed by atoms with E-state index in [1.165, 1.54) is 0 Å². The second-order valence-corrected chi connectivity index (χ2v) is 6.14. The van der Waals surface area contributed by atoms with E-state index in [0.717, 1.165) is 6.42 Å². The molecule has 25 heavy (non-hydrogen) atoms. The van der Waals surface area contributed by atoms with Crippen molar-refractivity contribution in [3.8, 4) is 5.75 Å². The minimum absolute atomic E-state index is 0.165. The van der Waals surface area contributed by atoms with Gasteiger partial charge in [-0.2, -0.15) is 0 Å². The summed E-state index contributed by atoms with van der Waals surface area (Å²) in [4.78, 5) is 24.1. The zero-order chi connectivity index (χ0) is 18.2. The first-order valence-corrected chi connectivity index (χ1v) is 8.36. The van der Waals surface area contributed by atoms with Crippen LogP contribution in [-0.4, -0.2) is 25.5 Å². The molecule has 0 atom stereocenters. The molecule has 0 aliphatic carbocycles. The lowest BCUT2D eigenvalue weighted by molar-refractivity contribution is 0.0962. The number of ether oxygens (including phenoxy) is 1. The van der Waals surface area contributed by atoms with Gasteiger partial charge >= 0.3 is 0 Å². The molecule has 132 valence electrons. The van der Waals surface area contributed by atoms with Gasteiger partial charge in [0.15, 0.2) is 0 Å². The fourth-order valence-electron chi connectivity index (χ4n) is 2.23. The van der Waals surface area contributed by atoms with Crippen molar-refractivity contribution in [2.45, 2.75) is 20.3 Å². The molecule has 2 amide bonds. The summed E-state index contributed by atoms with van der Waals surface area (Å²) in [6.45, 7) is 4.83. The highest BCUT2D eigenvalue weighted by Crippen LogP contribution is 2.20. The van der Waals surface area contributed by atoms with E-state index in [0.29, 0.717) is 35.1 Å². The van der Waals surface area contributed by atoms with E-state index in [1.807, 2.05) is 6.07 Å². The topological polar surface area (TPSA) is 67.4 Å².